The summed E-state index contributed by atoms with van der Waals surface area (Å²) >= 11 is 6.03. The van der Waals surface area contributed by atoms with Crippen molar-refractivity contribution >= 4 is 35.1 Å². The van der Waals surface area contributed by atoms with Gasteiger partial charge in [0.25, 0.3) is 0 Å². The van der Waals surface area contributed by atoms with Gasteiger partial charge in [0.1, 0.15) is 0 Å². The summed E-state index contributed by atoms with van der Waals surface area (Å²) in [4.78, 5) is 39.4. The molecule has 1 aromatic heterocycles. The summed E-state index contributed by atoms with van der Waals surface area (Å²) in [6.45, 7) is 2.68. The number of carboxylic acids is 2. The molecule has 2 aromatic carbocycles. The van der Waals surface area contributed by atoms with Gasteiger partial charge in [-0.1, -0.05) is 47.1 Å². The van der Waals surface area contributed by atoms with E-state index in [4.69, 9.17) is 35.9 Å². The second kappa shape index (κ2) is 10.0. The minimum Gasteiger partial charge on any atom is -0.473 e. The van der Waals surface area contributed by atoms with E-state index in [0.717, 1.165) is 37.3 Å². The predicted octanol–water partition coefficient (Wildman–Crippen LogP) is 2.53. The number of carbonyl (C=O) groups is 3. The Bertz CT molecular complexity index is 1210. The Morgan fingerprint density at radius 1 is 1.06 bits per heavy atom. The fourth-order valence-corrected chi connectivity index (χ4v) is 4.07. The molecule has 1 fully saturated rings. The molecule has 0 saturated carbocycles. The van der Waals surface area contributed by atoms with E-state index < -0.39 is 11.9 Å². The molecule has 1 amide bonds. The van der Waals surface area contributed by atoms with Crippen LogP contribution in [0.4, 0.5) is 5.69 Å². The number of hydrogen-bond donors (Lipinski definition) is 2. The first-order chi connectivity index (χ1) is 16.3. The van der Waals surface area contributed by atoms with Crippen LogP contribution in [-0.4, -0.2) is 69.3 Å². The zero-order chi connectivity index (χ0) is 24.2. The zero-order valence-corrected chi connectivity index (χ0v) is 18.7. The predicted molar refractivity (Wildman–Crippen MR) is 122 cm³/mol. The van der Waals surface area contributed by atoms with Crippen LogP contribution >= 0.6 is 11.6 Å². The Hall–Kier alpha value is -3.76. The van der Waals surface area contributed by atoms with Crippen molar-refractivity contribution in [1.29, 1.82) is 0 Å². The quantitative estimate of drug-likeness (QED) is 0.535. The maximum Gasteiger partial charge on any atom is 0.414 e. The zero-order valence-electron chi connectivity index (χ0n) is 17.9. The minimum atomic E-state index is -1.82. The maximum atomic E-state index is 12.7. The molecule has 3 heterocycles. The van der Waals surface area contributed by atoms with Gasteiger partial charge in [0, 0.05) is 35.9 Å². The van der Waals surface area contributed by atoms with Crippen molar-refractivity contribution in [1.82, 2.24) is 15.0 Å². The fourth-order valence-electron chi connectivity index (χ4n) is 3.87. The van der Waals surface area contributed by atoms with Gasteiger partial charge in [0.2, 0.25) is 17.6 Å². The summed E-state index contributed by atoms with van der Waals surface area (Å²) in [5.41, 5.74) is 3.13. The van der Waals surface area contributed by atoms with Crippen LogP contribution < -0.4 is 4.90 Å². The second-order valence-electron chi connectivity index (χ2n) is 7.89. The molecule has 2 aliphatic rings. The summed E-state index contributed by atoms with van der Waals surface area (Å²) in [6.07, 6.45) is 0.929. The highest BCUT2D eigenvalue weighted by Crippen LogP contribution is 2.30. The highest BCUT2D eigenvalue weighted by atomic mass is 35.5. The monoisotopic (exact) mass is 484 g/mol. The molecule has 0 aliphatic carbocycles. The van der Waals surface area contributed by atoms with Crippen LogP contribution in [0.3, 0.4) is 0 Å². The number of fused-ring (bicyclic) bond motifs is 1. The van der Waals surface area contributed by atoms with Gasteiger partial charge in [-0.2, -0.15) is 4.98 Å². The Morgan fingerprint density at radius 2 is 1.79 bits per heavy atom. The van der Waals surface area contributed by atoms with Crippen LogP contribution in [0.25, 0.3) is 11.4 Å². The Balaban J connectivity index is 0.000000408. The first-order valence-electron chi connectivity index (χ1n) is 10.5. The molecule has 3 aromatic rings. The number of hydrogen-bond acceptors (Lipinski definition) is 7. The van der Waals surface area contributed by atoms with E-state index in [0.29, 0.717) is 23.3 Å². The van der Waals surface area contributed by atoms with E-state index in [1.165, 1.54) is 5.56 Å². The van der Waals surface area contributed by atoms with Crippen molar-refractivity contribution in [3.8, 4) is 11.4 Å². The normalized spacial score (nSPS) is 15.1. The largest absolute Gasteiger partial charge is 0.473 e. The molecule has 0 radical (unpaired) electrons. The number of carbonyl (C=O) groups excluding carboxylic acids is 1. The molecule has 5 rings (SSSR count). The van der Waals surface area contributed by atoms with Gasteiger partial charge in [0.05, 0.1) is 12.5 Å². The molecule has 1 saturated heterocycles. The van der Waals surface area contributed by atoms with E-state index in [2.05, 4.69) is 21.1 Å². The van der Waals surface area contributed by atoms with Gasteiger partial charge in [0.15, 0.2) is 0 Å². The molecule has 34 heavy (non-hydrogen) atoms. The van der Waals surface area contributed by atoms with Crippen LogP contribution in [0.5, 0.6) is 0 Å². The molecule has 2 aliphatic heterocycles. The lowest BCUT2D eigenvalue weighted by Crippen LogP contribution is -2.50. The number of halogens is 1. The highest BCUT2D eigenvalue weighted by Gasteiger charge is 2.35. The minimum absolute atomic E-state index is 0.147. The number of likely N-dealkylation sites (tertiary alicyclic amines) is 1. The number of para-hydroxylation sites is 1. The molecule has 0 atom stereocenters. The summed E-state index contributed by atoms with van der Waals surface area (Å²) in [7, 11) is 0. The van der Waals surface area contributed by atoms with Crippen LogP contribution in [-0.2, 0) is 20.8 Å². The van der Waals surface area contributed by atoms with Gasteiger partial charge >= 0.3 is 11.9 Å². The number of aromatic nitrogens is 2. The summed E-state index contributed by atoms with van der Waals surface area (Å²) < 4.78 is 5.44. The molecule has 0 bridgehead atoms. The lowest BCUT2D eigenvalue weighted by molar-refractivity contribution is -0.159. The number of rotatable bonds is 4. The average molecular weight is 485 g/mol. The van der Waals surface area contributed by atoms with Crippen LogP contribution in [0, 0.1) is 0 Å². The van der Waals surface area contributed by atoms with Crippen molar-refractivity contribution < 1.29 is 29.1 Å². The van der Waals surface area contributed by atoms with Gasteiger partial charge in [-0.15, -0.1) is 0 Å². The number of nitrogens with zero attached hydrogens (tertiary/aromatic N) is 4. The number of benzene rings is 2. The Morgan fingerprint density at radius 3 is 2.50 bits per heavy atom. The third-order valence-corrected chi connectivity index (χ3v) is 5.80. The smallest absolute Gasteiger partial charge is 0.414 e. The molecular formula is C23H21ClN4O6. The molecule has 11 heteroatoms. The summed E-state index contributed by atoms with van der Waals surface area (Å²) in [6, 6.07) is 15.5. The summed E-state index contributed by atoms with van der Waals surface area (Å²) in [5.74, 6) is -2.18. The third-order valence-electron chi connectivity index (χ3n) is 5.56. The van der Waals surface area contributed by atoms with E-state index in [1.54, 1.807) is 0 Å². The van der Waals surface area contributed by atoms with Crippen molar-refractivity contribution in [3.05, 3.63) is 65.0 Å². The van der Waals surface area contributed by atoms with Crippen molar-refractivity contribution in [2.45, 2.75) is 12.3 Å². The molecule has 0 spiro atoms. The number of amides is 1. The van der Waals surface area contributed by atoms with Crippen molar-refractivity contribution in [2.75, 3.05) is 31.1 Å². The topological polar surface area (TPSA) is 137 Å². The fraction of sp³-hybridized carbons (Fsp3) is 0.261. The van der Waals surface area contributed by atoms with Gasteiger partial charge in [-0.3, -0.25) is 9.69 Å². The summed E-state index contributed by atoms with van der Waals surface area (Å²) in [5, 5.41) is 19.5. The number of anilines is 1. The Labute approximate surface area is 199 Å². The lowest BCUT2D eigenvalue weighted by atomic mass is 10.00. The van der Waals surface area contributed by atoms with Crippen LogP contribution in [0.15, 0.2) is 53.1 Å². The third kappa shape index (κ3) is 5.24. The van der Waals surface area contributed by atoms with Crippen LogP contribution in [0.1, 0.15) is 17.4 Å². The molecule has 10 nitrogen and oxygen atoms in total. The van der Waals surface area contributed by atoms with E-state index in [1.807, 2.05) is 47.4 Å². The maximum absolute atomic E-state index is 12.7. The first kappa shape index (κ1) is 23.4. The van der Waals surface area contributed by atoms with E-state index in [9.17, 15) is 4.79 Å². The number of carboxylic acid groups (broad SMARTS) is 2. The van der Waals surface area contributed by atoms with Gasteiger partial charge < -0.3 is 19.6 Å². The van der Waals surface area contributed by atoms with Crippen LogP contribution in [0.2, 0.25) is 5.02 Å². The highest BCUT2D eigenvalue weighted by molar-refractivity contribution is 6.30. The molecule has 2 N–H and O–H groups in total. The second-order valence-corrected chi connectivity index (χ2v) is 8.33. The molecular weight excluding hydrogens is 464 g/mol. The molecule has 176 valence electrons. The standard InChI is InChI=1S/C21H19ClN4O2.C2H2O4/c22-17-6-3-5-15(10-17)20-23-21(28-24-20)16-11-25(12-16)13-19(27)26-9-8-14-4-1-2-7-18(14)26;3-1(4)2(5)6/h1-7,10,16H,8-9,11-13H2;(H,3,4)(H,5,6). The average Bonchev–Trinajstić information content (AvgIpc) is 3.44. The Kier molecular flexibility index (Phi) is 6.90. The van der Waals surface area contributed by atoms with Crippen molar-refractivity contribution in [2.24, 2.45) is 0 Å². The lowest BCUT2D eigenvalue weighted by Gasteiger charge is -2.37. The first-order valence-corrected chi connectivity index (χ1v) is 10.9. The number of aliphatic carboxylic acids is 2. The van der Waals surface area contributed by atoms with E-state index in [-0.39, 0.29) is 11.8 Å². The van der Waals surface area contributed by atoms with Crippen molar-refractivity contribution in [3.63, 3.8) is 0 Å². The van der Waals surface area contributed by atoms with Gasteiger partial charge in [-0.25, -0.2) is 9.59 Å². The van der Waals surface area contributed by atoms with E-state index >= 15 is 0 Å². The SMILES string of the molecule is O=C(CN1CC(c2nc(-c3cccc(Cl)c3)no2)C1)N1CCc2ccccc21.O=C(O)C(=O)O. The molecule has 0 unspecified atom stereocenters. The van der Waals surface area contributed by atoms with Gasteiger partial charge in [-0.05, 0) is 30.2 Å².